The van der Waals surface area contributed by atoms with Gasteiger partial charge in [-0.2, -0.15) is 0 Å². The fourth-order valence-corrected chi connectivity index (χ4v) is 1.64. The lowest BCUT2D eigenvalue weighted by Crippen LogP contribution is -2.37. The monoisotopic (exact) mass is 156 g/mol. The predicted octanol–water partition coefficient (Wildman–Crippen LogP) is -0.200. The molecule has 11 heavy (non-hydrogen) atoms. The van der Waals surface area contributed by atoms with Crippen LogP contribution in [-0.4, -0.2) is 43.3 Å². The quantitative estimate of drug-likeness (QED) is 0.571. The van der Waals surface area contributed by atoms with Gasteiger partial charge in [-0.15, -0.1) is 0 Å². The van der Waals surface area contributed by atoms with Gasteiger partial charge in [0.2, 0.25) is 0 Å². The van der Waals surface area contributed by atoms with Crippen molar-refractivity contribution in [1.29, 1.82) is 0 Å². The first-order valence-electron chi connectivity index (χ1n) is 4.02. The van der Waals surface area contributed by atoms with Crippen molar-refractivity contribution >= 4 is 6.09 Å². The van der Waals surface area contributed by atoms with Gasteiger partial charge in [-0.1, -0.05) is 0 Å². The summed E-state index contributed by atoms with van der Waals surface area (Å²) in [5.41, 5.74) is 0. The largest absolute Gasteiger partial charge is 0.448 e. The van der Waals surface area contributed by atoms with Crippen molar-refractivity contribution < 1.29 is 9.53 Å². The van der Waals surface area contributed by atoms with Crippen molar-refractivity contribution in [2.75, 3.05) is 26.2 Å². The van der Waals surface area contributed by atoms with Crippen LogP contribution in [0.5, 0.6) is 0 Å². The Balaban J connectivity index is 1.97. The highest BCUT2D eigenvalue weighted by Gasteiger charge is 2.31. The molecule has 1 atom stereocenters. The second-order valence-electron chi connectivity index (χ2n) is 2.95. The third kappa shape index (κ3) is 1.18. The Morgan fingerprint density at radius 1 is 1.64 bits per heavy atom. The van der Waals surface area contributed by atoms with Gasteiger partial charge in [-0.25, -0.2) is 4.79 Å². The first-order valence-corrected chi connectivity index (χ1v) is 4.02. The summed E-state index contributed by atoms with van der Waals surface area (Å²) in [6.45, 7) is 3.28. The summed E-state index contributed by atoms with van der Waals surface area (Å²) in [4.78, 5) is 12.9. The third-order valence-corrected chi connectivity index (χ3v) is 2.27. The molecule has 2 saturated heterocycles. The number of nitrogens with zero attached hydrogens (tertiary/aromatic N) is 1. The van der Waals surface area contributed by atoms with E-state index in [1.54, 1.807) is 0 Å². The molecule has 0 radical (unpaired) electrons. The normalized spacial score (nSPS) is 31.1. The molecular formula is C7H12N2O2. The summed E-state index contributed by atoms with van der Waals surface area (Å²) in [6, 6.07) is 0.380. The van der Waals surface area contributed by atoms with E-state index in [2.05, 4.69) is 5.32 Å². The number of hydrogen-bond donors (Lipinski definition) is 1. The van der Waals surface area contributed by atoms with E-state index in [1.165, 1.54) is 0 Å². The van der Waals surface area contributed by atoms with Crippen LogP contribution in [0.25, 0.3) is 0 Å². The zero-order valence-electron chi connectivity index (χ0n) is 6.38. The van der Waals surface area contributed by atoms with Gasteiger partial charge in [0.25, 0.3) is 0 Å². The second kappa shape index (κ2) is 2.70. The molecule has 1 amide bonds. The number of hydrogen-bond acceptors (Lipinski definition) is 3. The molecule has 0 aliphatic carbocycles. The van der Waals surface area contributed by atoms with Crippen LogP contribution in [0, 0.1) is 0 Å². The van der Waals surface area contributed by atoms with Crippen molar-refractivity contribution in [2.24, 2.45) is 0 Å². The zero-order chi connectivity index (χ0) is 7.68. The molecule has 0 unspecified atom stereocenters. The molecule has 2 fully saturated rings. The van der Waals surface area contributed by atoms with Gasteiger partial charge in [-0.05, 0) is 13.0 Å². The summed E-state index contributed by atoms with van der Waals surface area (Å²) in [5.74, 6) is 0. The minimum atomic E-state index is -0.140. The maximum absolute atomic E-state index is 11.0. The maximum atomic E-state index is 11.0. The van der Waals surface area contributed by atoms with Crippen molar-refractivity contribution in [1.82, 2.24) is 10.2 Å². The van der Waals surface area contributed by atoms with Gasteiger partial charge >= 0.3 is 6.09 Å². The fraction of sp³-hybridized carbons (Fsp3) is 0.857. The fourth-order valence-electron chi connectivity index (χ4n) is 1.64. The van der Waals surface area contributed by atoms with Crippen LogP contribution in [0.4, 0.5) is 4.79 Å². The smallest absolute Gasteiger partial charge is 0.410 e. The first-order chi connectivity index (χ1) is 5.38. The second-order valence-corrected chi connectivity index (χ2v) is 2.95. The van der Waals surface area contributed by atoms with Crippen molar-refractivity contribution in [3.8, 4) is 0 Å². The molecule has 0 aromatic rings. The summed E-state index contributed by atoms with van der Waals surface area (Å²) in [7, 11) is 0. The van der Waals surface area contributed by atoms with Gasteiger partial charge in [-0.3, -0.25) is 0 Å². The summed E-state index contributed by atoms with van der Waals surface area (Å²) >= 11 is 0. The van der Waals surface area contributed by atoms with Gasteiger partial charge in [0.15, 0.2) is 0 Å². The number of cyclic esters (lactones) is 1. The van der Waals surface area contributed by atoms with E-state index in [1.807, 2.05) is 4.90 Å². The Bertz CT molecular complexity index is 166. The van der Waals surface area contributed by atoms with Crippen LogP contribution in [-0.2, 0) is 4.74 Å². The number of nitrogens with one attached hydrogen (secondary N) is 1. The van der Waals surface area contributed by atoms with E-state index < -0.39 is 0 Å². The molecule has 2 rings (SSSR count). The molecule has 0 aromatic carbocycles. The molecule has 1 N–H and O–H groups in total. The van der Waals surface area contributed by atoms with E-state index in [0.29, 0.717) is 12.6 Å². The SMILES string of the molecule is O=C1OCCN1[C@@H]1CCNC1. The highest BCUT2D eigenvalue weighted by Crippen LogP contribution is 2.13. The van der Waals surface area contributed by atoms with E-state index >= 15 is 0 Å². The van der Waals surface area contributed by atoms with Crippen LogP contribution in [0.15, 0.2) is 0 Å². The number of amides is 1. The molecule has 2 aliphatic heterocycles. The van der Waals surface area contributed by atoms with E-state index in [4.69, 9.17) is 4.74 Å². The molecule has 0 spiro atoms. The number of rotatable bonds is 1. The van der Waals surface area contributed by atoms with Gasteiger partial charge in [0.1, 0.15) is 6.61 Å². The van der Waals surface area contributed by atoms with Crippen LogP contribution < -0.4 is 5.32 Å². The van der Waals surface area contributed by atoms with Crippen molar-refractivity contribution in [3.05, 3.63) is 0 Å². The van der Waals surface area contributed by atoms with Crippen LogP contribution >= 0.6 is 0 Å². The van der Waals surface area contributed by atoms with Gasteiger partial charge in [0, 0.05) is 12.6 Å². The molecule has 0 bridgehead atoms. The molecule has 2 aliphatic rings. The lowest BCUT2D eigenvalue weighted by atomic mass is 10.2. The lowest BCUT2D eigenvalue weighted by molar-refractivity contribution is 0.150. The highest BCUT2D eigenvalue weighted by atomic mass is 16.6. The van der Waals surface area contributed by atoms with Gasteiger partial charge < -0.3 is 15.0 Å². The van der Waals surface area contributed by atoms with Crippen molar-refractivity contribution in [3.63, 3.8) is 0 Å². The lowest BCUT2D eigenvalue weighted by Gasteiger charge is -2.19. The van der Waals surface area contributed by atoms with E-state index in [9.17, 15) is 4.79 Å². The number of carbonyl (C=O) groups excluding carboxylic acids is 1. The van der Waals surface area contributed by atoms with Gasteiger partial charge in [0.05, 0.1) is 6.54 Å². The maximum Gasteiger partial charge on any atom is 0.410 e. The van der Waals surface area contributed by atoms with Crippen LogP contribution in [0.1, 0.15) is 6.42 Å². The van der Waals surface area contributed by atoms with Crippen molar-refractivity contribution in [2.45, 2.75) is 12.5 Å². The topological polar surface area (TPSA) is 41.6 Å². The predicted molar refractivity (Wildman–Crippen MR) is 39.3 cm³/mol. The summed E-state index contributed by atoms with van der Waals surface area (Å²) < 4.78 is 4.84. The molecule has 2 heterocycles. The minimum absolute atomic E-state index is 0.140. The molecule has 4 nitrogen and oxygen atoms in total. The third-order valence-electron chi connectivity index (χ3n) is 2.27. The molecule has 0 aromatic heterocycles. The number of carbonyl (C=O) groups is 1. The zero-order valence-corrected chi connectivity index (χ0v) is 6.38. The molecule has 62 valence electrons. The van der Waals surface area contributed by atoms with E-state index in [0.717, 1.165) is 26.1 Å². The Kier molecular flexibility index (Phi) is 1.69. The molecule has 0 saturated carbocycles. The van der Waals surface area contributed by atoms with Crippen LogP contribution in [0.2, 0.25) is 0 Å². The minimum Gasteiger partial charge on any atom is -0.448 e. The summed E-state index contributed by atoms with van der Waals surface area (Å²) in [6.07, 6.45) is 0.924. The summed E-state index contributed by atoms with van der Waals surface area (Å²) in [5, 5.41) is 3.22. The average molecular weight is 156 g/mol. The van der Waals surface area contributed by atoms with E-state index in [-0.39, 0.29) is 6.09 Å². The standard InChI is InChI=1S/C7H12N2O2/c10-7-9(3-4-11-7)6-1-2-8-5-6/h6,8H,1-5H2/t6-/m1/s1. The molecule has 4 heteroatoms. The average Bonchev–Trinajstić information content (AvgIpc) is 2.55. The molecular weight excluding hydrogens is 144 g/mol. The Morgan fingerprint density at radius 2 is 2.55 bits per heavy atom. The Hall–Kier alpha value is -0.770. The highest BCUT2D eigenvalue weighted by molar-refractivity contribution is 5.69. The Morgan fingerprint density at radius 3 is 3.09 bits per heavy atom. The van der Waals surface area contributed by atoms with Crippen LogP contribution in [0.3, 0.4) is 0 Å². The first kappa shape index (κ1) is 6.91. The Labute approximate surface area is 65.5 Å². The number of ether oxygens (including phenoxy) is 1.